The van der Waals surface area contributed by atoms with E-state index in [0.29, 0.717) is 19.3 Å². The molecule has 328 valence electrons. The highest BCUT2D eigenvalue weighted by atomic mass is 16.6. The molecule has 0 saturated carbocycles. The summed E-state index contributed by atoms with van der Waals surface area (Å²) in [6.45, 7) is 6.44. The second-order valence-electron chi connectivity index (χ2n) is 15.6. The highest BCUT2D eigenvalue weighted by molar-refractivity contribution is 5.71. The van der Waals surface area contributed by atoms with Crippen molar-refractivity contribution in [1.82, 2.24) is 0 Å². The van der Waals surface area contributed by atoms with Crippen molar-refractivity contribution < 1.29 is 28.6 Å². The van der Waals surface area contributed by atoms with Gasteiger partial charge < -0.3 is 14.2 Å². The Morgan fingerprint density at radius 1 is 0.368 bits per heavy atom. The van der Waals surface area contributed by atoms with Gasteiger partial charge in [-0.25, -0.2) is 0 Å². The summed E-state index contributed by atoms with van der Waals surface area (Å²) in [4.78, 5) is 37.8. The van der Waals surface area contributed by atoms with Crippen LogP contribution < -0.4 is 0 Å². The number of rotatable bonds is 42. The Morgan fingerprint density at radius 3 is 1.14 bits per heavy atom. The Bertz CT molecular complexity index is 1050. The van der Waals surface area contributed by atoms with Gasteiger partial charge in [0.15, 0.2) is 6.10 Å². The minimum atomic E-state index is -0.793. The Morgan fingerprint density at radius 2 is 0.684 bits per heavy atom. The van der Waals surface area contributed by atoms with Crippen molar-refractivity contribution in [3.63, 3.8) is 0 Å². The van der Waals surface area contributed by atoms with Gasteiger partial charge in [-0.05, 0) is 103 Å². The van der Waals surface area contributed by atoms with Crippen LogP contribution in [0.1, 0.15) is 226 Å². The van der Waals surface area contributed by atoms with E-state index < -0.39 is 6.10 Å². The number of esters is 3. The lowest BCUT2D eigenvalue weighted by molar-refractivity contribution is -0.167. The van der Waals surface area contributed by atoms with Gasteiger partial charge >= 0.3 is 17.9 Å². The van der Waals surface area contributed by atoms with Gasteiger partial charge in [-0.1, -0.05) is 165 Å². The molecule has 0 aromatic carbocycles. The van der Waals surface area contributed by atoms with E-state index in [0.717, 1.165) is 96.3 Å². The van der Waals surface area contributed by atoms with Crippen molar-refractivity contribution >= 4 is 17.9 Å². The molecule has 1 unspecified atom stereocenters. The molecule has 1 atom stereocenters. The van der Waals surface area contributed by atoms with E-state index >= 15 is 0 Å². The summed E-state index contributed by atoms with van der Waals surface area (Å²) in [7, 11) is 0. The third-order valence-corrected chi connectivity index (χ3v) is 9.98. The third-order valence-electron chi connectivity index (χ3n) is 9.98. The van der Waals surface area contributed by atoms with Crippen LogP contribution in [0, 0.1) is 0 Å². The van der Waals surface area contributed by atoms with E-state index in [4.69, 9.17) is 14.2 Å². The molecule has 0 fully saturated rings. The minimum Gasteiger partial charge on any atom is -0.462 e. The topological polar surface area (TPSA) is 78.9 Å². The zero-order valence-electron chi connectivity index (χ0n) is 37.3. The maximum atomic E-state index is 12.7. The second-order valence-corrected chi connectivity index (χ2v) is 15.6. The van der Waals surface area contributed by atoms with E-state index in [2.05, 4.69) is 81.5 Å². The number of unbranched alkanes of at least 4 members (excludes halogenated alkanes) is 21. The van der Waals surface area contributed by atoms with Crippen molar-refractivity contribution in [2.45, 2.75) is 232 Å². The Hall–Kier alpha value is -2.89. The van der Waals surface area contributed by atoms with E-state index in [1.165, 1.54) is 89.9 Å². The molecule has 0 aliphatic carbocycles. The summed E-state index contributed by atoms with van der Waals surface area (Å²) in [5.74, 6) is -0.942. The molecule has 0 radical (unpaired) electrons. The van der Waals surface area contributed by atoms with Crippen molar-refractivity contribution in [2.24, 2.45) is 0 Å². The predicted octanol–water partition coefficient (Wildman–Crippen LogP) is 15.3. The van der Waals surface area contributed by atoms with Gasteiger partial charge in [-0.15, -0.1) is 0 Å². The van der Waals surface area contributed by atoms with Crippen molar-refractivity contribution in [3.8, 4) is 0 Å². The van der Waals surface area contributed by atoms with Crippen LogP contribution >= 0.6 is 0 Å². The van der Waals surface area contributed by atoms with Gasteiger partial charge in [0, 0.05) is 19.3 Å². The van der Waals surface area contributed by atoms with Gasteiger partial charge in [-0.3, -0.25) is 14.4 Å². The molecule has 57 heavy (non-hydrogen) atoms. The average Bonchev–Trinajstić information content (AvgIpc) is 3.21. The maximum absolute atomic E-state index is 12.7. The molecule has 0 spiro atoms. The number of carbonyl (C=O) groups excluding carboxylic acids is 3. The second kappa shape index (κ2) is 45.8. The number of ether oxygens (including phenoxy) is 3. The molecule has 0 bridgehead atoms. The molecule has 0 heterocycles. The summed E-state index contributed by atoms with van der Waals surface area (Å²) in [6.07, 6.45) is 54.9. The Labute approximate surface area is 351 Å². The predicted molar refractivity (Wildman–Crippen MR) is 242 cm³/mol. The number of carbonyl (C=O) groups is 3. The van der Waals surface area contributed by atoms with Crippen LogP contribution in [0.15, 0.2) is 60.8 Å². The summed E-state index contributed by atoms with van der Waals surface area (Å²) in [5, 5.41) is 0. The molecule has 0 amide bonds. The molecule has 0 aromatic heterocycles. The van der Waals surface area contributed by atoms with Crippen molar-refractivity contribution in [2.75, 3.05) is 13.2 Å². The zero-order chi connectivity index (χ0) is 41.5. The molecule has 6 heteroatoms. The summed E-state index contributed by atoms with van der Waals surface area (Å²) < 4.78 is 16.7. The van der Waals surface area contributed by atoms with Crippen LogP contribution in [0.25, 0.3) is 0 Å². The largest absolute Gasteiger partial charge is 0.462 e. The van der Waals surface area contributed by atoms with Crippen LogP contribution in [-0.2, 0) is 28.6 Å². The summed E-state index contributed by atoms with van der Waals surface area (Å²) >= 11 is 0. The molecule has 0 aromatic rings. The Balaban J connectivity index is 4.45. The lowest BCUT2D eigenvalue weighted by Gasteiger charge is -2.18. The molecule has 0 aliphatic rings. The molecular weight excluding hydrogens is 709 g/mol. The molecule has 0 aliphatic heterocycles. The van der Waals surface area contributed by atoms with Crippen molar-refractivity contribution in [3.05, 3.63) is 60.8 Å². The quantitative estimate of drug-likeness (QED) is 0.0265. The van der Waals surface area contributed by atoms with Gasteiger partial charge in [0.05, 0.1) is 0 Å². The van der Waals surface area contributed by atoms with Crippen LogP contribution in [-0.4, -0.2) is 37.2 Å². The standard InChI is InChI=1S/C51H88O6/c1-4-7-10-13-16-19-22-25-27-29-32-35-38-41-44-50(53)56-47-48(46-55-49(52)43-40-37-34-31-28-24-21-18-15-12-9-6-3)57-51(54)45-42-39-36-33-30-26-23-20-17-14-11-8-5-2/h8,11,17-18,20-22,25-26,30,48H,4-7,9-10,12-16,19,23-24,27-29,31-47H2,1-3H3/b11-8-,20-17-,21-18-,25-22-,30-26-. The van der Waals surface area contributed by atoms with Gasteiger partial charge in [0.1, 0.15) is 13.2 Å². The van der Waals surface area contributed by atoms with E-state index in [1.54, 1.807) is 0 Å². The number of hydrogen-bond acceptors (Lipinski definition) is 6. The minimum absolute atomic E-state index is 0.0933. The Kier molecular flexibility index (Phi) is 43.5. The van der Waals surface area contributed by atoms with Gasteiger partial charge in [0.2, 0.25) is 0 Å². The fourth-order valence-electron chi connectivity index (χ4n) is 6.38. The normalized spacial score (nSPS) is 12.5. The third kappa shape index (κ3) is 44.1. The zero-order valence-corrected chi connectivity index (χ0v) is 37.3. The average molecular weight is 797 g/mol. The highest BCUT2D eigenvalue weighted by Crippen LogP contribution is 2.13. The first-order valence-corrected chi connectivity index (χ1v) is 23.8. The first-order valence-electron chi connectivity index (χ1n) is 23.8. The molecule has 6 nitrogen and oxygen atoms in total. The summed E-state index contributed by atoms with van der Waals surface area (Å²) in [5.41, 5.74) is 0. The van der Waals surface area contributed by atoms with Crippen LogP contribution in [0.4, 0.5) is 0 Å². The summed E-state index contributed by atoms with van der Waals surface area (Å²) in [6, 6.07) is 0. The lowest BCUT2D eigenvalue weighted by Crippen LogP contribution is -2.30. The van der Waals surface area contributed by atoms with Crippen LogP contribution in [0.2, 0.25) is 0 Å². The van der Waals surface area contributed by atoms with Crippen LogP contribution in [0.3, 0.4) is 0 Å². The monoisotopic (exact) mass is 797 g/mol. The lowest BCUT2D eigenvalue weighted by atomic mass is 10.1. The number of hydrogen-bond donors (Lipinski definition) is 0. The molecular formula is C51H88O6. The maximum Gasteiger partial charge on any atom is 0.306 e. The van der Waals surface area contributed by atoms with E-state index in [9.17, 15) is 14.4 Å². The number of allylic oxidation sites excluding steroid dienone is 10. The first-order chi connectivity index (χ1) is 28.0. The fraction of sp³-hybridized carbons (Fsp3) is 0.745. The molecule has 0 rings (SSSR count). The fourth-order valence-corrected chi connectivity index (χ4v) is 6.38. The van der Waals surface area contributed by atoms with E-state index in [-0.39, 0.29) is 31.1 Å². The molecule has 0 saturated heterocycles. The van der Waals surface area contributed by atoms with Gasteiger partial charge in [0.25, 0.3) is 0 Å². The SMILES string of the molecule is CC/C=C\C/C=C\C/C=C\CCCCCC(=O)OC(COC(=O)CCCCCCC/C=C\CCCCC)COC(=O)CCCCCCC/C=C\CCCCCCC. The van der Waals surface area contributed by atoms with Gasteiger partial charge in [-0.2, -0.15) is 0 Å². The molecule has 0 N–H and O–H groups in total. The van der Waals surface area contributed by atoms with E-state index in [1.807, 2.05) is 0 Å². The first kappa shape index (κ1) is 54.1. The van der Waals surface area contributed by atoms with Crippen molar-refractivity contribution in [1.29, 1.82) is 0 Å². The highest BCUT2D eigenvalue weighted by Gasteiger charge is 2.19. The smallest absolute Gasteiger partial charge is 0.306 e. The van der Waals surface area contributed by atoms with Crippen LogP contribution in [0.5, 0.6) is 0 Å².